The first kappa shape index (κ1) is 7.88. The first-order valence-corrected chi connectivity index (χ1v) is 4.79. The van der Waals surface area contributed by atoms with E-state index in [1.54, 1.807) is 6.20 Å². The van der Waals surface area contributed by atoms with Gasteiger partial charge in [-0.05, 0) is 25.0 Å². The highest BCUT2D eigenvalue weighted by Gasteiger charge is 2.41. The molecule has 3 nitrogen and oxygen atoms in total. The summed E-state index contributed by atoms with van der Waals surface area (Å²) in [7, 11) is 0. The molecule has 1 aromatic heterocycles. The van der Waals surface area contributed by atoms with E-state index < -0.39 is 0 Å². The summed E-state index contributed by atoms with van der Waals surface area (Å²) in [6, 6.07) is 7.86. The van der Waals surface area contributed by atoms with Crippen LogP contribution in [0.4, 0.5) is 0 Å². The van der Waals surface area contributed by atoms with Gasteiger partial charge in [0.25, 0.3) is 0 Å². The molecule has 0 spiro atoms. The summed E-state index contributed by atoms with van der Waals surface area (Å²) in [5.74, 6) is 0. The maximum Gasteiger partial charge on any atom is 0.0890 e. The summed E-state index contributed by atoms with van der Waals surface area (Å²) in [4.78, 5) is 8.87. The van der Waals surface area contributed by atoms with E-state index in [0.29, 0.717) is 0 Å². The van der Waals surface area contributed by atoms with Gasteiger partial charge in [-0.25, -0.2) is 4.98 Å². The van der Waals surface area contributed by atoms with E-state index in [0.717, 1.165) is 29.6 Å². The van der Waals surface area contributed by atoms with Gasteiger partial charge in [0.05, 0.1) is 28.5 Å². The van der Waals surface area contributed by atoms with Crippen molar-refractivity contribution >= 4 is 11.0 Å². The molecule has 70 valence electrons. The summed E-state index contributed by atoms with van der Waals surface area (Å²) in [5, 5.41) is 0. The molecule has 1 aliphatic rings. The predicted octanol–water partition coefficient (Wildman–Crippen LogP) is 1.58. The van der Waals surface area contributed by atoms with Crippen molar-refractivity contribution in [1.29, 1.82) is 0 Å². The van der Waals surface area contributed by atoms with Crippen LogP contribution in [0.25, 0.3) is 11.0 Å². The Balaban J connectivity index is 2.20. The minimum Gasteiger partial charge on any atom is -0.320 e. The zero-order valence-corrected chi connectivity index (χ0v) is 7.77. The molecule has 1 fully saturated rings. The number of para-hydroxylation sites is 2. The largest absolute Gasteiger partial charge is 0.320 e. The van der Waals surface area contributed by atoms with Crippen molar-refractivity contribution in [2.75, 3.05) is 0 Å². The Kier molecular flexibility index (Phi) is 1.42. The maximum absolute atomic E-state index is 6.06. The summed E-state index contributed by atoms with van der Waals surface area (Å²) in [6.07, 6.45) is 3.86. The molecule has 1 saturated carbocycles. The van der Waals surface area contributed by atoms with Crippen molar-refractivity contribution in [1.82, 2.24) is 9.97 Å². The topological polar surface area (TPSA) is 51.8 Å². The Morgan fingerprint density at radius 3 is 2.57 bits per heavy atom. The SMILES string of the molecule is NC1(c2cnc3ccccc3n2)CC1. The molecule has 14 heavy (non-hydrogen) atoms. The minimum absolute atomic E-state index is 0.184. The molecule has 0 unspecified atom stereocenters. The molecule has 0 radical (unpaired) electrons. The molecule has 2 N–H and O–H groups in total. The van der Waals surface area contributed by atoms with Gasteiger partial charge in [-0.1, -0.05) is 12.1 Å². The van der Waals surface area contributed by atoms with Crippen molar-refractivity contribution in [3.05, 3.63) is 36.2 Å². The van der Waals surface area contributed by atoms with E-state index in [1.807, 2.05) is 24.3 Å². The number of nitrogens with two attached hydrogens (primary N) is 1. The molecule has 3 rings (SSSR count). The Morgan fingerprint density at radius 1 is 1.14 bits per heavy atom. The van der Waals surface area contributed by atoms with E-state index in [4.69, 9.17) is 5.73 Å². The van der Waals surface area contributed by atoms with Gasteiger partial charge in [0.1, 0.15) is 0 Å². The van der Waals surface area contributed by atoms with Crippen LogP contribution in [0, 0.1) is 0 Å². The van der Waals surface area contributed by atoms with E-state index in [-0.39, 0.29) is 5.54 Å². The van der Waals surface area contributed by atoms with Crippen LogP contribution in [0.1, 0.15) is 18.5 Å². The van der Waals surface area contributed by atoms with Gasteiger partial charge in [0.2, 0.25) is 0 Å². The number of fused-ring (bicyclic) bond motifs is 1. The lowest BCUT2D eigenvalue weighted by Gasteiger charge is -2.07. The number of rotatable bonds is 1. The molecule has 1 aliphatic carbocycles. The Labute approximate surface area is 82.0 Å². The van der Waals surface area contributed by atoms with Crippen LogP contribution in [-0.2, 0) is 5.54 Å². The molecule has 3 heteroatoms. The molecule has 2 aromatic rings. The molecule has 0 aliphatic heterocycles. The second-order valence-electron chi connectivity index (χ2n) is 3.90. The molecule has 1 heterocycles. The molecule has 0 bridgehead atoms. The van der Waals surface area contributed by atoms with Crippen molar-refractivity contribution in [3.63, 3.8) is 0 Å². The fourth-order valence-electron chi connectivity index (χ4n) is 1.59. The average Bonchev–Trinajstić information content (AvgIpc) is 2.97. The number of hydrogen-bond acceptors (Lipinski definition) is 3. The van der Waals surface area contributed by atoms with Gasteiger partial charge in [0.15, 0.2) is 0 Å². The standard InChI is InChI=1S/C11H11N3/c12-11(5-6-11)10-7-13-8-3-1-2-4-9(8)14-10/h1-4,7H,5-6,12H2. The molecule has 0 amide bonds. The van der Waals surface area contributed by atoms with Gasteiger partial charge < -0.3 is 5.73 Å². The summed E-state index contributed by atoms with van der Waals surface area (Å²) >= 11 is 0. The summed E-state index contributed by atoms with van der Waals surface area (Å²) in [6.45, 7) is 0. The molecule has 0 atom stereocenters. The summed E-state index contributed by atoms with van der Waals surface area (Å²) < 4.78 is 0. The third-order valence-corrected chi connectivity index (χ3v) is 2.75. The summed E-state index contributed by atoms with van der Waals surface area (Å²) in [5.41, 5.74) is 8.66. The first-order valence-electron chi connectivity index (χ1n) is 4.79. The number of aromatic nitrogens is 2. The Morgan fingerprint density at radius 2 is 1.86 bits per heavy atom. The minimum atomic E-state index is -0.184. The highest BCUT2D eigenvalue weighted by Crippen LogP contribution is 2.41. The third kappa shape index (κ3) is 1.09. The number of benzene rings is 1. The van der Waals surface area contributed by atoms with Gasteiger partial charge in [-0.3, -0.25) is 4.98 Å². The quantitative estimate of drug-likeness (QED) is 0.733. The third-order valence-electron chi connectivity index (χ3n) is 2.75. The van der Waals surface area contributed by atoms with E-state index in [1.165, 1.54) is 0 Å². The second kappa shape index (κ2) is 2.51. The van der Waals surface area contributed by atoms with Crippen LogP contribution in [0.2, 0.25) is 0 Å². The Bertz CT molecular complexity index is 489. The van der Waals surface area contributed by atoms with Crippen molar-refractivity contribution in [3.8, 4) is 0 Å². The van der Waals surface area contributed by atoms with E-state index in [2.05, 4.69) is 9.97 Å². The molecule has 1 aromatic carbocycles. The first-order chi connectivity index (χ1) is 6.78. The lowest BCUT2D eigenvalue weighted by molar-refractivity contribution is 0.707. The van der Waals surface area contributed by atoms with Gasteiger partial charge >= 0.3 is 0 Å². The van der Waals surface area contributed by atoms with E-state index >= 15 is 0 Å². The maximum atomic E-state index is 6.06. The van der Waals surface area contributed by atoms with Crippen LogP contribution < -0.4 is 5.73 Å². The van der Waals surface area contributed by atoms with Crippen molar-refractivity contribution < 1.29 is 0 Å². The van der Waals surface area contributed by atoms with Crippen LogP contribution in [0.15, 0.2) is 30.5 Å². The highest BCUT2D eigenvalue weighted by atomic mass is 14.9. The molecular weight excluding hydrogens is 174 g/mol. The number of hydrogen-bond donors (Lipinski definition) is 1. The van der Waals surface area contributed by atoms with Crippen LogP contribution in [0.5, 0.6) is 0 Å². The van der Waals surface area contributed by atoms with Crippen LogP contribution in [-0.4, -0.2) is 9.97 Å². The van der Waals surface area contributed by atoms with Crippen molar-refractivity contribution in [2.45, 2.75) is 18.4 Å². The zero-order valence-electron chi connectivity index (χ0n) is 7.77. The lowest BCUT2D eigenvalue weighted by Crippen LogP contribution is -2.20. The van der Waals surface area contributed by atoms with Crippen LogP contribution in [0.3, 0.4) is 0 Å². The zero-order chi connectivity index (χ0) is 9.60. The number of nitrogens with zero attached hydrogens (tertiary/aromatic N) is 2. The predicted molar refractivity (Wildman–Crippen MR) is 54.6 cm³/mol. The average molecular weight is 185 g/mol. The van der Waals surface area contributed by atoms with E-state index in [9.17, 15) is 0 Å². The smallest absolute Gasteiger partial charge is 0.0890 e. The monoisotopic (exact) mass is 185 g/mol. The fraction of sp³-hybridized carbons (Fsp3) is 0.273. The molecular formula is C11H11N3. The Hall–Kier alpha value is -1.48. The van der Waals surface area contributed by atoms with Gasteiger partial charge in [0, 0.05) is 0 Å². The van der Waals surface area contributed by atoms with Crippen molar-refractivity contribution in [2.24, 2.45) is 5.73 Å². The van der Waals surface area contributed by atoms with Crippen LogP contribution >= 0.6 is 0 Å². The normalized spacial score (nSPS) is 18.4. The van der Waals surface area contributed by atoms with Gasteiger partial charge in [-0.2, -0.15) is 0 Å². The highest BCUT2D eigenvalue weighted by molar-refractivity contribution is 5.73. The second-order valence-corrected chi connectivity index (χ2v) is 3.90. The fourth-order valence-corrected chi connectivity index (χ4v) is 1.59. The molecule has 0 saturated heterocycles. The van der Waals surface area contributed by atoms with Gasteiger partial charge in [-0.15, -0.1) is 0 Å². The lowest BCUT2D eigenvalue weighted by atomic mass is 10.2.